The van der Waals surface area contributed by atoms with E-state index in [-0.39, 0.29) is 5.97 Å². The molecule has 100 valence electrons. The van der Waals surface area contributed by atoms with E-state index in [0.29, 0.717) is 6.42 Å². The summed E-state index contributed by atoms with van der Waals surface area (Å²) in [5.74, 6) is -0.147. The van der Waals surface area contributed by atoms with Gasteiger partial charge in [0.1, 0.15) is 0 Å². The van der Waals surface area contributed by atoms with Gasteiger partial charge in [0.25, 0.3) is 0 Å². The Morgan fingerprint density at radius 2 is 1.94 bits per heavy atom. The second-order valence-corrected chi connectivity index (χ2v) is 4.41. The number of anilines is 1. The molecule has 0 aliphatic rings. The number of carbonyl (C=O) groups is 1. The number of hydrogen-bond donors (Lipinski definition) is 1. The fraction of sp³-hybridized carbons (Fsp3) is 0.533. The van der Waals surface area contributed by atoms with Gasteiger partial charge < -0.3 is 10.1 Å². The first-order valence-electron chi connectivity index (χ1n) is 6.66. The van der Waals surface area contributed by atoms with Gasteiger partial charge in [-0.25, -0.2) is 0 Å². The van der Waals surface area contributed by atoms with Gasteiger partial charge in [-0.3, -0.25) is 4.79 Å². The number of unbranched alkanes of at least 4 members (excludes halogenated alkanes) is 1. The molecule has 0 bridgehead atoms. The molecule has 1 N–H and O–H groups in total. The molecule has 0 heterocycles. The van der Waals surface area contributed by atoms with Crippen LogP contribution >= 0.6 is 0 Å². The smallest absolute Gasteiger partial charge is 0.305 e. The fourth-order valence-corrected chi connectivity index (χ4v) is 1.74. The highest BCUT2D eigenvalue weighted by Gasteiger charge is 1.99. The second kappa shape index (κ2) is 8.56. The molecule has 1 rings (SSSR count). The number of hydrogen-bond acceptors (Lipinski definition) is 3. The highest BCUT2D eigenvalue weighted by Crippen LogP contribution is 2.11. The summed E-state index contributed by atoms with van der Waals surface area (Å²) >= 11 is 0. The summed E-state index contributed by atoms with van der Waals surface area (Å²) in [5, 5.41) is 3.30. The van der Waals surface area contributed by atoms with Gasteiger partial charge in [-0.05, 0) is 37.0 Å². The van der Waals surface area contributed by atoms with Crippen LogP contribution in [-0.4, -0.2) is 19.6 Å². The lowest BCUT2D eigenvalue weighted by Gasteiger charge is -2.07. The van der Waals surface area contributed by atoms with Crippen LogP contribution in [0.4, 0.5) is 5.69 Å². The molecule has 0 fully saturated rings. The summed E-state index contributed by atoms with van der Waals surface area (Å²) in [5.41, 5.74) is 2.50. The Bertz CT molecular complexity index is 346. The molecule has 0 aliphatic carbocycles. The SMILES string of the molecule is CCCCc1ccc(NCCCC(=O)OC)cc1. The van der Waals surface area contributed by atoms with E-state index in [4.69, 9.17) is 0 Å². The standard InChI is InChI=1S/C15H23NO2/c1-3-4-6-13-8-10-14(11-9-13)16-12-5-7-15(17)18-2/h8-11,16H,3-7,12H2,1-2H3. The number of rotatable bonds is 8. The predicted molar refractivity (Wildman–Crippen MR) is 74.8 cm³/mol. The summed E-state index contributed by atoms with van der Waals surface area (Å²) < 4.78 is 4.59. The lowest BCUT2D eigenvalue weighted by Crippen LogP contribution is -2.06. The largest absolute Gasteiger partial charge is 0.469 e. The van der Waals surface area contributed by atoms with Crippen molar-refractivity contribution in [2.24, 2.45) is 0 Å². The molecule has 0 saturated heterocycles. The molecule has 0 spiro atoms. The van der Waals surface area contributed by atoms with Gasteiger partial charge in [0.2, 0.25) is 0 Å². The van der Waals surface area contributed by atoms with E-state index in [0.717, 1.165) is 25.1 Å². The normalized spacial score (nSPS) is 10.1. The van der Waals surface area contributed by atoms with Crippen molar-refractivity contribution in [3.05, 3.63) is 29.8 Å². The minimum Gasteiger partial charge on any atom is -0.469 e. The van der Waals surface area contributed by atoms with Crippen molar-refractivity contribution in [1.82, 2.24) is 0 Å². The first-order chi connectivity index (χ1) is 8.76. The van der Waals surface area contributed by atoms with E-state index >= 15 is 0 Å². The van der Waals surface area contributed by atoms with Crippen molar-refractivity contribution in [2.45, 2.75) is 39.0 Å². The molecular formula is C15H23NO2. The summed E-state index contributed by atoms with van der Waals surface area (Å²) in [6, 6.07) is 8.53. The number of benzene rings is 1. The van der Waals surface area contributed by atoms with Crippen LogP contribution in [0.1, 0.15) is 38.2 Å². The van der Waals surface area contributed by atoms with E-state index in [1.54, 1.807) is 0 Å². The van der Waals surface area contributed by atoms with Crippen LogP contribution < -0.4 is 5.32 Å². The molecule has 18 heavy (non-hydrogen) atoms. The van der Waals surface area contributed by atoms with Crippen LogP contribution in [0, 0.1) is 0 Å². The Hall–Kier alpha value is -1.51. The quantitative estimate of drug-likeness (QED) is 0.567. The Morgan fingerprint density at radius 1 is 1.22 bits per heavy atom. The van der Waals surface area contributed by atoms with Crippen LogP contribution in [0.25, 0.3) is 0 Å². The molecule has 0 aliphatic heterocycles. The number of aryl methyl sites for hydroxylation is 1. The Balaban J connectivity index is 2.24. The zero-order valence-electron chi connectivity index (χ0n) is 11.4. The Kier molecular flexibility index (Phi) is 6.92. The Labute approximate surface area is 110 Å². The summed E-state index contributed by atoms with van der Waals surface area (Å²) in [6.07, 6.45) is 4.89. The number of ether oxygens (including phenoxy) is 1. The second-order valence-electron chi connectivity index (χ2n) is 4.41. The van der Waals surface area contributed by atoms with Gasteiger partial charge in [0.05, 0.1) is 7.11 Å². The van der Waals surface area contributed by atoms with E-state index < -0.39 is 0 Å². The van der Waals surface area contributed by atoms with Gasteiger partial charge in [-0.1, -0.05) is 25.5 Å². The maximum absolute atomic E-state index is 10.9. The minimum absolute atomic E-state index is 0.147. The van der Waals surface area contributed by atoms with E-state index in [9.17, 15) is 4.79 Å². The van der Waals surface area contributed by atoms with Crippen molar-refractivity contribution in [3.8, 4) is 0 Å². The first-order valence-corrected chi connectivity index (χ1v) is 6.66. The van der Waals surface area contributed by atoms with Crippen molar-refractivity contribution in [3.63, 3.8) is 0 Å². The molecule has 0 saturated carbocycles. The molecule has 0 radical (unpaired) electrons. The van der Waals surface area contributed by atoms with Crippen LogP contribution in [0.3, 0.4) is 0 Å². The van der Waals surface area contributed by atoms with Crippen LogP contribution in [0.5, 0.6) is 0 Å². The van der Waals surface area contributed by atoms with Gasteiger partial charge in [-0.2, -0.15) is 0 Å². The van der Waals surface area contributed by atoms with E-state index in [2.05, 4.69) is 41.2 Å². The van der Waals surface area contributed by atoms with Crippen molar-refractivity contribution in [2.75, 3.05) is 19.0 Å². The summed E-state index contributed by atoms with van der Waals surface area (Å²) in [7, 11) is 1.42. The van der Waals surface area contributed by atoms with Gasteiger partial charge in [0, 0.05) is 18.7 Å². The van der Waals surface area contributed by atoms with Crippen LogP contribution in [0.2, 0.25) is 0 Å². The highest BCUT2D eigenvalue weighted by molar-refractivity contribution is 5.69. The van der Waals surface area contributed by atoms with Crippen LogP contribution in [0.15, 0.2) is 24.3 Å². The maximum Gasteiger partial charge on any atom is 0.305 e. The number of methoxy groups -OCH3 is 1. The van der Waals surface area contributed by atoms with E-state index in [1.165, 1.54) is 25.5 Å². The topological polar surface area (TPSA) is 38.3 Å². The van der Waals surface area contributed by atoms with Crippen molar-refractivity contribution in [1.29, 1.82) is 0 Å². The first kappa shape index (κ1) is 14.6. The third kappa shape index (κ3) is 5.71. The molecule has 3 heteroatoms. The highest BCUT2D eigenvalue weighted by atomic mass is 16.5. The fourth-order valence-electron chi connectivity index (χ4n) is 1.74. The molecule has 3 nitrogen and oxygen atoms in total. The molecule has 1 aromatic carbocycles. The van der Waals surface area contributed by atoms with Crippen LogP contribution in [-0.2, 0) is 16.0 Å². The molecule has 1 aromatic rings. The predicted octanol–water partition coefficient (Wildman–Crippen LogP) is 3.39. The average molecular weight is 249 g/mol. The number of nitrogens with one attached hydrogen (secondary N) is 1. The third-order valence-electron chi connectivity index (χ3n) is 2.89. The minimum atomic E-state index is -0.147. The zero-order chi connectivity index (χ0) is 13.2. The maximum atomic E-state index is 10.9. The van der Waals surface area contributed by atoms with E-state index in [1.807, 2.05) is 0 Å². The molecule has 0 aromatic heterocycles. The third-order valence-corrected chi connectivity index (χ3v) is 2.89. The Morgan fingerprint density at radius 3 is 2.56 bits per heavy atom. The van der Waals surface area contributed by atoms with Crippen molar-refractivity contribution >= 4 is 11.7 Å². The molecular weight excluding hydrogens is 226 g/mol. The summed E-state index contributed by atoms with van der Waals surface area (Å²) in [4.78, 5) is 10.9. The summed E-state index contributed by atoms with van der Waals surface area (Å²) in [6.45, 7) is 3.00. The monoisotopic (exact) mass is 249 g/mol. The van der Waals surface area contributed by atoms with Crippen molar-refractivity contribution < 1.29 is 9.53 Å². The van der Waals surface area contributed by atoms with Gasteiger partial charge in [0.15, 0.2) is 0 Å². The lowest BCUT2D eigenvalue weighted by atomic mass is 10.1. The van der Waals surface area contributed by atoms with Gasteiger partial charge in [-0.15, -0.1) is 0 Å². The molecule has 0 unspecified atom stereocenters. The average Bonchev–Trinajstić information content (AvgIpc) is 2.42. The molecule has 0 atom stereocenters. The molecule has 0 amide bonds. The van der Waals surface area contributed by atoms with Gasteiger partial charge >= 0.3 is 5.97 Å². The number of esters is 1. The number of carbonyl (C=O) groups excluding carboxylic acids is 1. The zero-order valence-corrected chi connectivity index (χ0v) is 11.4. The lowest BCUT2D eigenvalue weighted by molar-refractivity contribution is -0.140.